The van der Waals surface area contributed by atoms with Gasteiger partial charge in [-0.2, -0.15) is 0 Å². The molecule has 0 aromatic heterocycles. The summed E-state index contributed by atoms with van der Waals surface area (Å²) in [4.78, 5) is 15.9. The standard InChI is InChI=1S/C12H9F2NO5/c1-5-4-18-10-8(15-5)6(11(16)17-2)3-7-9(10)20-12(13,14)19-7/h3H,4H2,1-2H3. The molecule has 8 heteroatoms. The first kappa shape index (κ1) is 12.6. The number of benzene rings is 1. The van der Waals surface area contributed by atoms with Gasteiger partial charge in [0.05, 0.1) is 18.4 Å². The lowest BCUT2D eigenvalue weighted by molar-refractivity contribution is -0.287. The van der Waals surface area contributed by atoms with Crippen LogP contribution in [0.1, 0.15) is 17.3 Å². The highest BCUT2D eigenvalue weighted by atomic mass is 19.3. The second-order valence-corrected chi connectivity index (χ2v) is 4.22. The van der Waals surface area contributed by atoms with Crippen molar-refractivity contribution in [3.63, 3.8) is 0 Å². The molecule has 20 heavy (non-hydrogen) atoms. The third-order valence-electron chi connectivity index (χ3n) is 2.76. The first-order valence-electron chi connectivity index (χ1n) is 5.63. The molecule has 0 saturated carbocycles. The molecule has 0 aliphatic carbocycles. The fourth-order valence-corrected chi connectivity index (χ4v) is 1.96. The number of halogens is 2. The number of aliphatic imine (C=N–C) groups is 1. The fourth-order valence-electron chi connectivity index (χ4n) is 1.96. The van der Waals surface area contributed by atoms with Crippen molar-refractivity contribution in [1.29, 1.82) is 0 Å². The molecule has 2 aliphatic heterocycles. The predicted octanol–water partition coefficient (Wildman–Crippen LogP) is 2.28. The van der Waals surface area contributed by atoms with Crippen molar-refractivity contribution in [2.45, 2.75) is 13.2 Å². The Kier molecular flexibility index (Phi) is 2.56. The number of nitrogens with zero attached hydrogens (tertiary/aromatic N) is 1. The monoisotopic (exact) mass is 285 g/mol. The Labute approximate surface area is 111 Å². The van der Waals surface area contributed by atoms with Gasteiger partial charge in [-0.25, -0.2) is 9.79 Å². The van der Waals surface area contributed by atoms with Gasteiger partial charge in [-0.05, 0) is 6.92 Å². The molecule has 1 aromatic carbocycles. The topological polar surface area (TPSA) is 66.4 Å². The van der Waals surface area contributed by atoms with E-state index in [0.717, 1.165) is 6.07 Å². The molecule has 0 unspecified atom stereocenters. The van der Waals surface area contributed by atoms with Crippen LogP contribution in [0.15, 0.2) is 11.1 Å². The van der Waals surface area contributed by atoms with Gasteiger partial charge in [-0.15, -0.1) is 8.78 Å². The predicted molar refractivity (Wildman–Crippen MR) is 62.2 cm³/mol. The van der Waals surface area contributed by atoms with E-state index in [-0.39, 0.29) is 35.1 Å². The van der Waals surface area contributed by atoms with Crippen molar-refractivity contribution in [3.05, 3.63) is 11.6 Å². The number of alkyl halides is 2. The fraction of sp³-hybridized carbons (Fsp3) is 0.333. The van der Waals surface area contributed by atoms with Crippen LogP contribution in [0.5, 0.6) is 17.2 Å². The maximum atomic E-state index is 13.1. The average molecular weight is 285 g/mol. The molecule has 6 nitrogen and oxygen atoms in total. The third kappa shape index (κ3) is 1.84. The quantitative estimate of drug-likeness (QED) is 0.740. The largest absolute Gasteiger partial charge is 0.586 e. The summed E-state index contributed by atoms with van der Waals surface area (Å²) in [6, 6.07) is 1.10. The number of esters is 1. The van der Waals surface area contributed by atoms with Crippen LogP contribution in [-0.2, 0) is 4.74 Å². The third-order valence-corrected chi connectivity index (χ3v) is 2.76. The van der Waals surface area contributed by atoms with Crippen LogP contribution in [0, 0.1) is 0 Å². The van der Waals surface area contributed by atoms with E-state index in [1.165, 1.54) is 7.11 Å². The van der Waals surface area contributed by atoms with E-state index in [1.54, 1.807) is 6.92 Å². The molecule has 0 amide bonds. The maximum absolute atomic E-state index is 13.1. The normalized spacial score (nSPS) is 17.9. The first-order valence-corrected chi connectivity index (χ1v) is 5.63. The molecule has 0 saturated heterocycles. The summed E-state index contributed by atoms with van der Waals surface area (Å²) in [5.74, 6) is -1.34. The summed E-state index contributed by atoms with van der Waals surface area (Å²) >= 11 is 0. The SMILES string of the molecule is COC(=O)c1cc2c(c3c1N=C(C)CO3)OC(F)(F)O2. The number of hydrogen-bond donors (Lipinski definition) is 0. The zero-order valence-electron chi connectivity index (χ0n) is 10.5. The number of fused-ring (bicyclic) bond motifs is 3. The highest BCUT2D eigenvalue weighted by molar-refractivity contribution is 6.01. The van der Waals surface area contributed by atoms with Crippen molar-refractivity contribution in [2.75, 3.05) is 13.7 Å². The number of hydrogen-bond acceptors (Lipinski definition) is 6. The van der Waals surface area contributed by atoms with Gasteiger partial charge in [0.15, 0.2) is 11.5 Å². The Hall–Kier alpha value is -2.38. The summed E-state index contributed by atoms with van der Waals surface area (Å²) in [5, 5.41) is 0. The van der Waals surface area contributed by atoms with Crippen molar-refractivity contribution in [3.8, 4) is 17.2 Å². The van der Waals surface area contributed by atoms with E-state index in [0.29, 0.717) is 5.71 Å². The molecule has 0 atom stereocenters. The zero-order valence-corrected chi connectivity index (χ0v) is 10.5. The highest BCUT2D eigenvalue weighted by Gasteiger charge is 2.47. The Bertz CT molecular complexity index is 641. The maximum Gasteiger partial charge on any atom is 0.586 e. The van der Waals surface area contributed by atoms with Crippen LogP contribution in [0.25, 0.3) is 0 Å². The van der Waals surface area contributed by atoms with Crippen LogP contribution in [0.3, 0.4) is 0 Å². The number of rotatable bonds is 1. The number of methoxy groups -OCH3 is 1. The van der Waals surface area contributed by atoms with E-state index in [2.05, 4.69) is 19.2 Å². The average Bonchev–Trinajstić information content (AvgIpc) is 2.70. The van der Waals surface area contributed by atoms with Gasteiger partial charge in [0.1, 0.15) is 12.3 Å². The smallest absolute Gasteiger partial charge is 0.481 e. The minimum Gasteiger partial charge on any atom is -0.481 e. The van der Waals surface area contributed by atoms with Gasteiger partial charge in [0.25, 0.3) is 0 Å². The molecule has 0 radical (unpaired) electrons. The summed E-state index contributed by atoms with van der Waals surface area (Å²) in [6.45, 7) is 1.79. The zero-order chi connectivity index (χ0) is 14.5. The van der Waals surface area contributed by atoms with Gasteiger partial charge < -0.3 is 18.9 Å². The second-order valence-electron chi connectivity index (χ2n) is 4.22. The Morgan fingerprint density at radius 2 is 2.15 bits per heavy atom. The first-order chi connectivity index (χ1) is 9.41. The highest BCUT2D eigenvalue weighted by Crippen LogP contribution is 2.53. The minimum absolute atomic E-state index is 0.0263. The summed E-state index contributed by atoms with van der Waals surface area (Å²) in [5.41, 5.74) is 0.663. The lowest BCUT2D eigenvalue weighted by atomic mass is 10.1. The minimum atomic E-state index is -3.80. The lowest BCUT2D eigenvalue weighted by Crippen LogP contribution is -2.26. The second kappa shape index (κ2) is 4.06. The van der Waals surface area contributed by atoms with Gasteiger partial charge in [-0.1, -0.05) is 0 Å². The molecule has 106 valence electrons. The molecule has 0 spiro atoms. The molecule has 0 N–H and O–H groups in total. The Balaban J connectivity index is 2.23. The van der Waals surface area contributed by atoms with Crippen molar-refractivity contribution in [2.24, 2.45) is 4.99 Å². The van der Waals surface area contributed by atoms with Crippen molar-refractivity contribution < 1.29 is 32.5 Å². The molecular formula is C12H9F2NO5. The molecular weight excluding hydrogens is 276 g/mol. The number of carbonyl (C=O) groups excluding carboxylic acids is 1. The van der Waals surface area contributed by atoms with Crippen molar-refractivity contribution in [1.82, 2.24) is 0 Å². The number of carbonyl (C=O) groups is 1. The summed E-state index contributed by atoms with van der Waals surface area (Å²) in [6.07, 6.45) is -3.80. The van der Waals surface area contributed by atoms with Crippen LogP contribution in [-0.4, -0.2) is 31.7 Å². The van der Waals surface area contributed by atoms with E-state index < -0.39 is 12.3 Å². The summed E-state index contributed by atoms with van der Waals surface area (Å²) in [7, 11) is 1.17. The van der Waals surface area contributed by atoms with E-state index in [9.17, 15) is 13.6 Å². The summed E-state index contributed by atoms with van der Waals surface area (Å²) < 4.78 is 44.9. The molecule has 0 fully saturated rings. The molecule has 3 rings (SSSR count). The number of ether oxygens (including phenoxy) is 4. The van der Waals surface area contributed by atoms with Crippen LogP contribution < -0.4 is 14.2 Å². The molecule has 0 bridgehead atoms. The van der Waals surface area contributed by atoms with E-state index in [1.807, 2.05) is 0 Å². The molecule has 2 heterocycles. The van der Waals surface area contributed by atoms with Gasteiger partial charge in [0, 0.05) is 6.07 Å². The van der Waals surface area contributed by atoms with Crippen LogP contribution in [0.2, 0.25) is 0 Å². The van der Waals surface area contributed by atoms with Crippen molar-refractivity contribution >= 4 is 17.4 Å². The van der Waals surface area contributed by atoms with E-state index in [4.69, 9.17) is 4.74 Å². The lowest BCUT2D eigenvalue weighted by Gasteiger charge is -2.18. The molecule has 1 aromatic rings. The van der Waals surface area contributed by atoms with Gasteiger partial charge >= 0.3 is 12.3 Å². The van der Waals surface area contributed by atoms with Crippen LogP contribution >= 0.6 is 0 Å². The molecule has 2 aliphatic rings. The van der Waals surface area contributed by atoms with Gasteiger partial charge in [0.2, 0.25) is 5.75 Å². The van der Waals surface area contributed by atoms with Crippen LogP contribution in [0.4, 0.5) is 14.5 Å². The Morgan fingerprint density at radius 1 is 1.40 bits per heavy atom. The van der Waals surface area contributed by atoms with Gasteiger partial charge in [-0.3, -0.25) is 0 Å². The Morgan fingerprint density at radius 3 is 2.85 bits per heavy atom. The van der Waals surface area contributed by atoms with E-state index >= 15 is 0 Å².